The van der Waals surface area contributed by atoms with E-state index in [1.165, 1.54) is 0 Å². The Hall–Kier alpha value is -3.80. The third kappa shape index (κ3) is 5.85. The van der Waals surface area contributed by atoms with Gasteiger partial charge in [-0.1, -0.05) is 18.2 Å². The van der Waals surface area contributed by atoms with Crippen LogP contribution in [0.1, 0.15) is 22.8 Å². The number of hydrogen-bond donors (Lipinski definition) is 2. The summed E-state index contributed by atoms with van der Waals surface area (Å²) in [6.07, 6.45) is 0. The number of carbonyl (C=O) groups excluding carboxylic acids is 2. The molecule has 0 saturated carbocycles. The zero-order chi connectivity index (χ0) is 21.3. The number of amides is 2. The second-order valence-corrected chi connectivity index (χ2v) is 6.59. The van der Waals surface area contributed by atoms with E-state index in [9.17, 15) is 9.59 Å². The van der Waals surface area contributed by atoms with Crippen molar-refractivity contribution in [2.75, 3.05) is 23.8 Å². The van der Waals surface area contributed by atoms with Gasteiger partial charge in [0.15, 0.2) is 6.61 Å². The molecule has 0 aliphatic rings. The minimum absolute atomic E-state index is 0.137. The van der Waals surface area contributed by atoms with E-state index in [1.807, 2.05) is 38.1 Å². The molecule has 0 aliphatic carbocycles. The summed E-state index contributed by atoms with van der Waals surface area (Å²) in [6, 6.07) is 21.4. The van der Waals surface area contributed by atoms with E-state index in [0.29, 0.717) is 23.6 Å². The Kier molecular flexibility index (Phi) is 7.05. The Morgan fingerprint density at radius 2 is 1.43 bits per heavy atom. The number of anilines is 2. The maximum absolute atomic E-state index is 12.4. The first-order chi connectivity index (χ1) is 14.5. The lowest BCUT2D eigenvalue weighted by molar-refractivity contribution is -0.118. The highest BCUT2D eigenvalue weighted by molar-refractivity contribution is 6.04. The number of hydrogen-bond acceptors (Lipinski definition) is 4. The van der Waals surface area contributed by atoms with Crippen LogP contribution in [0.2, 0.25) is 0 Å². The number of rotatable bonds is 8. The summed E-state index contributed by atoms with van der Waals surface area (Å²) in [5.74, 6) is 0.771. The third-order valence-electron chi connectivity index (χ3n) is 4.33. The van der Waals surface area contributed by atoms with Crippen molar-refractivity contribution in [2.24, 2.45) is 0 Å². The van der Waals surface area contributed by atoms with Gasteiger partial charge in [-0.25, -0.2) is 0 Å². The molecule has 0 fully saturated rings. The lowest BCUT2D eigenvalue weighted by Crippen LogP contribution is -2.20. The minimum atomic E-state index is -0.277. The van der Waals surface area contributed by atoms with E-state index >= 15 is 0 Å². The van der Waals surface area contributed by atoms with Gasteiger partial charge < -0.3 is 20.1 Å². The molecule has 30 heavy (non-hydrogen) atoms. The number of aryl methyl sites for hydroxylation is 1. The molecule has 2 N–H and O–H groups in total. The molecular formula is C24H24N2O4. The SMILES string of the molecule is CCOc1ccc(NC(=O)COc2ccc(C(=O)Nc3ccccc3C)cc2)cc1. The minimum Gasteiger partial charge on any atom is -0.494 e. The van der Waals surface area contributed by atoms with Crippen molar-refractivity contribution >= 4 is 23.2 Å². The molecule has 3 rings (SSSR count). The first-order valence-electron chi connectivity index (χ1n) is 9.67. The van der Waals surface area contributed by atoms with E-state index in [-0.39, 0.29) is 18.4 Å². The monoisotopic (exact) mass is 404 g/mol. The molecule has 0 aromatic heterocycles. The number of ether oxygens (including phenoxy) is 2. The molecule has 0 bridgehead atoms. The van der Waals surface area contributed by atoms with E-state index in [1.54, 1.807) is 48.5 Å². The van der Waals surface area contributed by atoms with Crippen LogP contribution in [0.5, 0.6) is 11.5 Å². The van der Waals surface area contributed by atoms with Crippen LogP contribution in [0.15, 0.2) is 72.8 Å². The fourth-order valence-electron chi connectivity index (χ4n) is 2.76. The molecule has 0 saturated heterocycles. The highest BCUT2D eigenvalue weighted by Crippen LogP contribution is 2.18. The van der Waals surface area contributed by atoms with Gasteiger partial charge >= 0.3 is 0 Å². The molecule has 0 unspecified atom stereocenters. The topological polar surface area (TPSA) is 76.7 Å². The number of carbonyl (C=O) groups is 2. The summed E-state index contributed by atoms with van der Waals surface area (Å²) in [5.41, 5.74) is 2.93. The van der Waals surface area contributed by atoms with Crippen LogP contribution in [-0.4, -0.2) is 25.0 Å². The molecule has 0 heterocycles. The molecule has 154 valence electrons. The predicted molar refractivity (Wildman–Crippen MR) is 117 cm³/mol. The second-order valence-electron chi connectivity index (χ2n) is 6.59. The zero-order valence-electron chi connectivity index (χ0n) is 17.0. The van der Waals surface area contributed by atoms with Crippen molar-refractivity contribution in [3.05, 3.63) is 83.9 Å². The molecule has 3 aromatic carbocycles. The van der Waals surface area contributed by atoms with Gasteiger partial charge in [0.25, 0.3) is 11.8 Å². The van der Waals surface area contributed by atoms with Gasteiger partial charge in [0.1, 0.15) is 11.5 Å². The average Bonchev–Trinajstić information content (AvgIpc) is 2.76. The first-order valence-corrected chi connectivity index (χ1v) is 9.67. The smallest absolute Gasteiger partial charge is 0.262 e. The number of para-hydroxylation sites is 1. The molecule has 6 heteroatoms. The summed E-state index contributed by atoms with van der Waals surface area (Å²) in [5, 5.41) is 5.64. The molecule has 0 aliphatic heterocycles. The van der Waals surface area contributed by atoms with Crippen LogP contribution in [0.4, 0.5) is 11.4 Å². The van der Waals surface area contributed by atoms with Crippen LogP contribution in [0.25, 0.3) is 0 Å². The Morgan fingerprint density at radius 3 is 2.10 bits per heavy atom. The lowest BCUT2D eigenvalue weighted by Gasteiger charge is -2.10. The average molecular weight is 404 g/mol. The first kappa shape index (κ1) is 20.9. The van der Waals surface area contributed by atoms with Crippen LogP contribution in [-0.2, 0) is 4.79 Å². The largest absolute Gasteiger partial charge is 0.494 e. The van der Waals surface area contributed by atoms with Crippen molar-refractivity contribution in [3.8, 4) is 11.5 Å². The summed E-state index contributed by atoms with van der Waals surface area (Å²) in [7, 11) is 0. The Labute approximate surface area is 175 Å². The highest BCUT2D eigenvalue weighted by Gasteiger charge is 2.09. The predicted octanol–water partition coefficient (Wildman–Crippen LogP) is 4.66. The van der Waals surface area contributed by atoms with Crippen molar-refractivity contribution in [1.82, 2.24) is 0 Å². The molecule has 0 radical (unpaired) electrons. The van der Waals surface area contributed by atoms with Crippen LogP contribution < -0.4 is 20.1 Å². The third-order valence-corrected chi connectivity index (χ3v) is 4.33. The van der Waals surface area contributed by atoms with Crippen LogP contribution in [0.3, 0.4) is 0 Å². The molecule has 3 aromatic rings. The van der Waals surface area contributed by atoms with E-state index < -0.39 is 0 Å². The molecule has 2 amide bonds. The van der Waals surface area contributed by atoms with E-state index in [4.69, 9.17) is 9.47 Å². The maximum atomic E-state index is 12.4. The molecule has 0 spiro atoms. The van der Waals surface area contributed by atoms with Gasteiger partial charge in [-0.2, -0.15) is 0 Å². The fourth-order valence-corrected chi connectivity index (χ4v) is 2.76. The van der Waals surface area contributed by atoms with Gasteiger partial charge in [-0.05, 0) is 74.0 Å². The van der Waals surface area contributed by atoms with Gasteiger partial charge in [0.05, 0.1) is 6.61 Å². The lowest BCUT2D eigenvalue weighted by atomic mass is 10.1. The highest BCUT2D eigenvalue weighted by atomic mass is 16.5. The Morgan fingerprint density at radius 1 is 0.800 bits per heavy atom. The van der Waals surface area contributed by atoms with E-state index in [2.05, 4.69) is 10.6 Å². The second kappa shape index (κ2) is 10.1. The van der Waals surface area contributed by atoms with E-state index in [0.717, 1.165) is 17.0 Å². The number of nitrogens with one attached hydrogen (secondary N) is 2. The summed E-state index contributed by atoms with van der Waals surface area (Å²) >= 11 is 0. The summed E-state index contributed by atoms with van der Waals surface area (Å²) < 4.78 is 10.9. The maximum Gasteiger partial charge on any atom is 0.262 e. The van der Waals surface area contributed by atoms with Gasteiger partial charge in [-0.15, -0.1) is 0 Å². The van der Waals surface area contributed by atoms with Crippen molar-refractivity contribution in [1.29, 1.82) is 0 Å². The van der Waals surface area contributed by atoms with Gasteiger partial charge in [0, 0.05) is 16.9 Å². The van der Waals surface area contributed by atoms with Crippen molar-refractivity contribution < 1.29 is 19.1 Å². The van der Waals surface area contributed by atoms with Gasteiger partial charge in [0.2, 0.25) is 0 Å². The molecular weight excluding hydrogens is 380 g/mol. The quantitative estimate of drug-likeness (QED) is 0.572. The molecule has 0 atom stereocenters. The molecule has 6 nitrogen and oxygen atoms in total. The van der Waals surface area contributed by atoms with Crippen molar-refractivity contribution in [3.63, 3.8) is 0 Å². The van der Waals surface area contributed by atoms with Crippen molar-refractivity contribution in [2.45, 2.75) is 13.8 Å². The standard InChI is InChI=1S/C24H24N2O4/c1-3-29-20-14-10-19(11-15-20)25-23(27)16-30-21-12-8-18(9-13-21)24(28)26-22-7-5-4-6-17(22)2/h4-15H,3,16H2,1-2H3,(H,25,27)(H,26,28). The Bertz CT molecular complexity index is 998. The van der Waals surface area contributed by atoms with Crippen LogP contribution in [0, 0.1) is 6.92 Å². The summed E-state index contributed by atoms with van der Waals surface area (Å²) in [6.45, 7) is 4.30. The Balaban J connectivity index is 1.49. The fraction of sp³-hybridized carbons (Fsp3) is 0.167. The number of benzene rings is 3. The normalized spacial score (nSPS) is 10.2. The summed E-state index contributed by atoms with van der Waals surface area (Å²) in [4.78, 5) is 24.5. The van der Waals surface area contributed by atoms with Crippen LogP contribution >= 0.6 is 0 Å². The van der Waals surface area contributed by atoms with Gasteiger partial charge in [-0.3, -0.25) is 9.59 Å². The zero-order valence-corrected chi connectivity index (χ0v) is 17.0.